The molecule has 1 heterocycles. The van der Waals surface area contributed by atoms with Gasteiger partial charge in [0.1, 0.15) is 0 Å². The van der Waals surface area contributed by atoms with Crippen molar-refractivity contribution in [3.05, 3.63) is 29.8 Å². The van der Waals surface area contributed by atoms with Gasteiger partial charge in [-0.1, -0.05) is 25.1 Å². The zero-order chi connectivity index (χ0) is 12.4. The lowest BCUT2D eigenvalue weighted by Crippen LogP contribution is -2.47. The van der Waals surface area contributed by atoms with Gasteiger partial charge >= 0.3 is 6.03 Å². The molecule has 2 amide bonds. The first-order valence-corrected chi connectivity index (χ1v) is 5.94. The van der Waals surface area contributed by atoms with Crippen LogP contribution in [0.25, 0.3) is 0 Å². The summed E-state index contributed by atoms with van der Waals surface area (Å²) >= 11 is 0. The van der Waals surface area contributed by atoms with E-state index in [1.807, 2.05) is 30.1 Å². The number of amides is 2. The standard InChI is InChI=1S/C13H19N3O/c1-10(7-14)8-16-12-6-4-3-5-11(12)9-15(2)13(16)17/h3-6,10H,7-9,14H2,1-2H3. The maximum Gasteiger partial charge on any atom is 0.324 e. The number of hydrogen-bond donors (Lipinski definition) is 1. The summed E-state index contributed by atoms with van der Waals surface area (Å²) in [5.41, 5.74) is 7.86. The Balaban J connectivity index is 2.32. The van der Waals surface area contributed by atoms with E-state index in [0.717, 1.165) is 5.69 Å². The Labute approximate surface area is 102 Å². The van der Waals surface area contributed by atoms with Crippen molar-refractivity contribution in [3.63, 3.8) is 0 Å². The average Bonchev–Trinajstić information content (AvgIpc) is 2.34. The number of urea groups is 1. The number of fused-ring (bicyclic) bond motifs is 1. The predicted molar refractivity (Wildman–Crippen MR) is 68.9 cm³/mol. The predicted octanol–water partition coefficient (Wildman–Crippen LogP) is 1.65. The molecule has 4 nitrogen and oxygen atoms in total. The molecule has 1 aliphatic rings. The number of rotatable bonds is 3. The molecule has 0 radical (unpaired) electrons. The number of nitrogens with zero attached hydrogens (tertiary/aromatic N) is 2. The van der Waals surface area contributed by atoms with Gasteiger partial charge in [-0.15, -0.1) is 0 Å². The van der Waals surface area contributed by atoms with Gasteiger partial charge in [0.15, 0.2) is 0 Å². The number of carbonyl (C=O) groups is 1. The van der Waals surface area contributed by atoms with E-state index in [0.29, 0.717) is 25.6 Å². The van der Waals surface area contributed by atoms with Crippen LogP contribution in [0, 0.1) is 5.92 Å². The van der Waals surface area contributed by atoms with Crippen molar-refractivity contribution < 1.29 is 4.79 Å². The third-order valence-electron chi connectivity index (χ3n) is 3.14. The molecule has 2 N–H and O–H groups in total. The van der Waals surface area contributed by atoms with Gasteiger partial charge in [0.25, 0.3) is 0 Å². The summed E-state index contributed by atoms with van der Waals surface area (Å²) in [6.07, 6.45) is 0. The van der Waals surface area contributed by atoms with E-state index in [9.17, 15) is 4.79 Å². The van der Waals surface area contributed by atoms with E-state index >= 15 is 0 Å². The third kappa shape index (κ3) is 2.26. The Morgan fingerprint density at radius 1 is 1.41 bits per heavy atom. The Bertz CT molecular complexity index is 419. The molecule has 1 aromatic carbocycles. The van der Waals surface area contributed by atoms with Gasteiger partial charge in [0.05, 0.1) is 5.69 Å². The second-order valence-corrected chi connectivity index (χ2v) is 4.72. The fraction of sp³-hybridized carbons (Fsp3) is 0.462. The summed E-state index contributed by atoms with van der Waals surface area (Å²) in [7, 11) is 1.83. The fourth-order valence-electron chi connectivity index (χ4n) is 2.10. The van der Waals surface area contributed by atoms with Gasteiger partial charge in [-0.2, -0.15) is 0 Å². The van der Waals surface area contributed by atoms with E-state index in [1.165, 1.54) is 5.56 Å². The van der Waals surface area contributed by atoms with Crippen molar-refractivity contribution in [1.82, 2.24) is 4.90 Å². The zero-order valence-electron chi connectivity index (χ0n) is 10.4. The monoisotopic (exact) mass is 233 g/mol. The Morgan fingerprint density at radius 3 is 2.82 bits per heavy atom. The SMILES string of the molecule is CC(CN)CN1C(=O)N(C)Cc2ccccc21. The maximum absolute atomic E-state index is 12.2. The number of carbonyl (C=O) groups excluding carboxylic acids is 1. The van der Waals surface area contributed by atoms with Crippen molar-refractivity contribution in [1.29, 1.82) is 0 Å². The summed E-state index contributed by atoms with van der Waals surface area (Å²) in [5.74, 6) is 0.304. The Kier molecular flexibility index (Phi) is 3.33. The van der Waals surface area contributed by atoms with Crippen LogP contribution in [0.4, 0.5) is 10.5 Å². The number of hydrogen-bond acceptors (Lipinski definition) is 2. The number of nitrogens with two attached hydrogens (primary N) is 1. The Hall–Kier alpha value is -1.55. The van der Waals surface area contributed by atoms with Gasteiger partial charge < -0.3 is 10.6 Å². The van der Waals surface area contributed by atoms with Crippen molar-refractivity contribution >= 4 is 11.7 Å². The molecule has 17 heavy (non-hydrogen) atoms. The Morgan fingerprint density at radius 2 is 2.12 bits per heavy atom. The number of benzene rings is 1. The minimum Gasteiger partial charge on any atom is -0.330 e. The fourth-order valence-corrected chi connectivity index (χ4v) is 2.10. The average molecular weight is 233 g/mol. The lowest BCUT2D eigenvalue weighted by molar-refractivity contribution is 0.209. The van der Waals surface area contributed by atoms with E-state index in [-0.39, 0.29) is 6.03 Å². The molecule has 1 atom stereocenters. The molecule has 0 bridgehead atoms. The quantitative estimate of drug-likeness (QED) is 0.863. The summed E-state index contributed by atoms with van der Waals surface area (Å²) < 4.78 is 0. The molecule has 1 aromatic rings. The van der Waals surface area contributed by atoms with Crippen LogP contribution in [0.2, 0.25) is 0 Å². The van der Waals surface area contributed by atoms with E-state index in [1.54, 1.807) is 4.90 Å². The highest BCUT2D eigenvalue weighted by molar-refractivity contribution is 5.94. The zero-order valence-corrected chi connectivity index (χ0v) is 10.4. The van der Waals surface area contributed by atoms with Crippen LogP contribution in [0.15, 0.2) is 24.3 Å². The van der Waals surface area contributed by atoms with Crippen LogP contribution < -0.4 is 10.6 Å². The normalized spacial score (nSPS) is 17.0. The highest BCUT2D eigenvalue weighted by Crippen LogP contribution is 2.28. The molecule has 0 aliphatic carbocycles. The molecule has 0 saturated heterocycles. The van der Waals surface area contributed by atoms with Crippen molar-refractivity contribution in [2.75, 3.05) is 25.0 Å². The van der Waals surface area contributed by atoms with Crippen molar-refractivity contribution in [3.8, 4) is 0 Å². The minimum atomic E-state index is 0.0593. The smallest absolute Gasteiger partial charge is 0.324 e. The van der Waals surface area contributed by atoms with Crippen LogP contribution >= 0.6 is 0 Å². The second-order valence-electron chi connectivity index (χ2n) is 4.72. The van der Waals surface area contributed by atoms with Gasteiger partial charge in [-0.25, -0.2) is 4.79 Å². The molecular formula is C13H19N3O. The van der Waals surface area contributed by atoms with E-state index in [4.69, 9.17) is 5.73 Å². The molecule has 2 rings (SSSR count). The van der Waals surface area contributed by atoms with Gasteiger partial charge in [-0.05, 0) is 24.1 Å². The first-order chi connectivity index (χ1) is 8.13. The molecule has 4 heteroatoms. The minimum absolute atomic E-state index is 0.0593. The molecule has 1 aliphatic heterocycles. The van der Waals surface area contributed by atoms with Crippen LogP contribution in [0.5, 0.6) is 0 Å². The van der Waals surface area contributed by atoms with Crippen LogP contribution in [-0.2, 0) is 6.54 Å². The molecule has 0 spiro atoms. The topological polar surface area (TPSA) is 49.6 Å². The van der Waals surface area contributed by atoms with Gasteiger partial charge in [0.2, 0.25) is 0 Å². The molecule has 92 valence electrons. The third-order valence-corrected chi connectivity index (χ3v) is 3.14. The van der Waals surface area contributed by atoms with Crippen LogP contribution in [0.3, 0.4) is 0 Å². The highest BCUT2D eigenvalue weighted by atomic mass is 16.2. The molecule has 1 unspecified atom stereocenters. The molecule has 0 fully saturated rings. The van der Waals surface area contributed by atoms with Crippen molar-refractivity contribution in [2.24, 2.45) is 11.7 Å². The van der Waals surface area contributed by atoms with E-state index in [2.05, 4.69) is 13.0 Å². The summed E-state index contributed by atoms with van der Waals surface area (Å²) in [6.45, 7) is 4.01. The van der Waals surface area contributed by atoms with Gasteiger partial charge in [0, 0.05) is 20.1 Å². The summed E-state index contributed by atoms with van der Waals surface area (Å²) in [6, 6.07) is 8.11. The summed E-state index contributed by atoms with van der Waals surface area (Å²) in [4.78, 5) is 15.7. The first kappa shape index (κ1) is 11.9. The van der Waals surface area contributed by atoms with Crippen LogP contribution in [-0.4, -0.2) is 31.1 Å². The van der Waals surface area contributed by atoms with E-state index < -0.39 is 0 Å². The largest absolute Gasteiger partial charge is 0.330 e. The molecule has 0 aromatic heterocycles. The lowest BCUT2D eigenvalue weighted by atomic mass is 10.1. The van der Waals surface area contributed by atoms with Gasteiger partial charge in [-0.3, -0.25) is 4.90 Å². The number of anilines is 1. The molecule has 0 saturated carbocycles. The lowest BCUT2D eigenvalue weighted by Gasteiger charge is -2.36. The first-order valence-electron chi connectivity index (χ1n) is 5.94. The van der Waals surface area contributed by atoms with Crippen LogP contribution in [0.1, 0.15) is 12.5 Å². The van der Waals surface area contributed by atoms with Crippen molar-refractivity contribution in [2.45, 2.75) is 13.5 Å². The highest BCUT2D eigenvalue weighted by Gasteiger charge is 2.28. The maximum atomic E-state index is 12.2. The molecular weight excluding hydrogens is 214 g/mol. The second kappa shape index (κ2) is 4.75. The summed E-state index contributed by atoms with van der Waals surface area (Å²) in [5, 5.41) is 0. The number of para-hydroxylation sites is 1.